The van der Waals surface area contributed by atoms with Gasteiger partial charge in [0.05, 0.1) is 16.2 Å². The second-order valence-electron chi connectivity index (χ2n) is 4.78. The Balaban J connectivity index is 2.03. The zero-order valence-corrected chi connectivity index (χ0v) is 12.9. The van der Waals surface area contributed by atoms with Gasteiger partial charge in [-0.15, -0.1) is 0 Å². The van der Waals surface area contributed by atoms with E-state index in [2.05, 4.69) is 15.3 Å². The number of thioether (sulfide) groups is 1. The molecule has 0 bridgehead atoms. The average molecular weight is 349 g/mol. The quantitative estimate of drug-likeness (QED) is 0.860. The van der Waals surface area contributed by atoms with Crippen molar-refractivity contribution in [2.45, 2.75) is 6.18 Å². The van der Waals surface area contributed by atoms with Gasteiger partial charge in [0.15, 0.2) is 0 Å². The van der Waals surface area contributed by atoms with Crippen LogP contribution in [-0.4, -0.2) is 16.1 Å². The average Bonchev–Trinajstić information content (AvgIpc) is 2.87. The van der Waals surface area contributed by atoms with Crippen LogP contribution in [0.5, 0.6) is 0 Å². The molecule has 1 aliphatic heterocycles. The van der Waals surface area contributed by atoms with Crippen LogP contribution in [0.25, 0.3) is 6.08 Å². The Hall–Kier alpha value is -2.61. The highest BCUT2D eigenvalue weighted by Gasteiger charge is 2.34. The number of halogens is 3. The molecule has 1 N–H and O–H groups in total. The van der Waals surface area contributed by atoms with Crippen LogP contribution in [0, 0.1) is 0 Å². The smallest absolute Gasteiger partial charge is 0.300 e. The Morgan fingerprint density at radius 2 is 1.96 bits per heavy atom. The number of hydrogen-bond donors (Lipinski definition) is 1. The van der Waals surface area contributed by atoms with Gasteiger partial charge in [-0.1, -0.05) is 18.2 Å². The van der Waals surface area contributed by atoms with Crippen molar-refractivity contribution >= 4 is 34.6 Å². The van der Waals surface area contributed by atoms with Crippen LogP contribution in [0.4, 0.5) is 23.7 Å². The molecule has 0 unspecified atom stereocenters. The lowest BCUT2D eigenvalue weighted by atomic mass is 10.1. The van der Waals surface area contributed by atoms with Crippen LogP contribution >= 0.6 is 11.8 Å². The molecule has 1 fully saturated rings. The number of aromatic nitrogens is 1. The summed E-state index contributed by atoms with van der Waals surface area (Å²) >= 11 is 0.872. The Morgan fingerprint density at radius 3 is 2.67 bits per heavy atom. The molecule has 0 saturated carbocycles. The van der Waals surface area contributed by atoms with Gasteiger partial charge in [-0.05, 0) is 41.6 Å². The van der Waals surface area contributed by atoms with Gasteiger partial charge < -0.3 is 5.32 Å². The molecule has 1 amide bonds. The fourth-order valence-corrected chi connectivity index (χ4v) is 2.79. The topological polar surface area (TPSA) is 54.4 Å². The lowest BCUT2D eigenvalue weighted by Gasteiger charge is -2.10. The highest BCUT2D eigenvalue weighted by Crippen LogP contribution is 2.37. The second-order valence-corrected chi connectivity index (χ2v) is 5.80. The molecule has 1 saturated heterocycles. The third kappa shape index (κ3) is 3.65. The molecule has 4 nitrogen and oxygen atoms in total. The number of amidine groups is 1. The minimum absolute atomic E-state index is 0.0885. The molecule has 2 aromatic rings. The van der Waals surface area contributed by atoms with Crippen molar-refractivity contribution in [2.75, 3.05) is 0 Å². The number of hydrogen-bond acceptors (Lipinski definition) is 4. The van der Waals surface area contributed by atoms with Crippen LogP contribution in [0.2, 0.25) is 0 Å². The van der Waals surface area contributed by atoms with Crippen LogP contribution in [0.15, 0.2) is 58.7 Å². The van der Waals surface area contributed by atoms with Crippen molar-refractivity contribution in [3.8, 4) is 0 Å². The number of amides is 1. The van der Waals surface area contributed by atoms with Crippen molar-refractivity contribution in [3.63, 3.8) is 0 Å². The maximum absolute atomic E-state index is 13.1. The molecule has 122 valence electrons. The zero-order chi connectivity index (χ0) is 17.2. The van der Waals surface area contributed by atoms with E-state index in [1.54, 1.807) is 30.6 Å². The molecular formula is C16H10F3N3OS. The van der Waals surface area contributed by atoms with E-state index < -0.39 is 17.0 Å². The van der Waals surface area contributed by atoms with Gasteiger partial charge in [0, 0.05) is 12.4 Å². The fraction of sp³-hybridized carbons (Fsp3) is 0.0625. The Morgan fingerprint density at radius 1 is 1.17 bits per heavy atom. The number of pyridine rings is 1. The van der Waals surface area contributed by atoms with E-state index in [9.17, 15) is 18.0 Å². The van der Waals surface area contributed by atoms with Gasteiger partial charge >= 0.3 is 6.18 Å². The first kappa shape index (κ1) is 16.3. The maximum atomic E-state index is 13.1. The first-order chi connectivity index (χ1) is 11.4. The lowest BCUT2D eigenvalue weighted by molar-refractivity contribution is -0.137. The van der Waals surface area contributed by atoms with Crippen LogP contribution in [0.1, 0.15) is 11.1 Å². The van der Waals surface area contributed by atoms with E-state index in [4.69, 9.17) is 0 Å². The van der Waals surface area contributed by atoms with Gasteiger partial charge in [0.25, 0.3) is 5.24 Å². The van der Waals surface area contributed by atoms with Crippen molar-refractivity contribution in [1.29, 1.82) is 0 Å². The summed E-state index contributed by atoms with van der Waals surface area (Å²) in [6.45, 7) is 0. The van der Waals surface area contributed by atoms with Gasteiger partial charge in [0.2, 0.25) is 0 Å². The molecule has 8 heteroatoms. The predicted octanol–water partition coefficient (Wildman–Crippen LogP) is 4.63. The Kier molecular flexibility index (Phi) is 4.39. The monoisotopic (exact) mass is 349 g/mol. The van der Waals surface area contributed by atoms with Crippen LogP contribution in [-0.2, 0) is 6.18 Å². The number of aliphatic imine (C=N–C) groups is 1. The standard InChI is InChI=1S/C16H10F3N3OS/c17-16(18,19)11-5-1-2-6-12(11)21-14-13(24-15(23)22-14)8-10-4-3-7-20-9-10/h1-9H,(H,21,22,23)/b13-8-. The third-order valence-corrected chi connectivity index (χ3v) is 3.90. The number of carbonyl (C=O) groups excluding carboxylic acids is 1. The molecule has 0 aliphatic carbocycles. The van der Waals surface area contributed by atoms with Crippen LogP contribution < -0.4 is 5.32 Å². The molecule has 3 rings (SSSR count). The minimum atomic E-state index is -4.52. The minimum Gasteiger partial charge on any atom is -0.300 e. The van der Waals surface area contributed by atoms with E-state index in [-0.39, 0.29) is 11.5 Å². The number of nitrogens with one attached hydrogen (secondary N) is 1. The first-order valence-corrected chi connectivity index (χ1v) is 7.61. The number of carbonyl (C=O) groups is 1. The molecule has 2 heterocycles. The fourth-order valence-electron chi connectivity index (χ4n) is 2.06. The summed E-state index contributed by atoms with van der Waals surface area (Å²) in [4.78, 5) is 20.0. The molecule has 1 aliphatic rings. The molecule has 1 aromatic carbocycles. The van der Waals surface area contributed by atoms with Crippen molar-refractivity contribution in [2.24, 2.45) is 4.99 Å². The number of nitrogens with zero attached hydrogens (tertiary/aromatic N) is 2. The zero-order valence-electron chi connectivity index (χ0n) is 12.0. The van der Waals surface area contributed by atoms with Gasteiger partial charge in [-0.3, -0.25) is 9.78 Å². The molecule has 0 radical (unpaired) electrons. The van der Waals surface area contributed by atoms with E-state index in [1.165, 1.54) is 18.2 Å². The summed E-state index contributed by atoms with van der Waals surface area (Å²) in [6.07, 6.45) is 0.299. The molecule has 24 heavy (non-hydrogen) atoms. The lowest BCUT2D eigenvalue weighted by Crippen LogP contribution is -2.19. The highest BCUT2D eigenvalue weighted by atomic mass is 32.2. The summed E-state index contributed by atoms with van der Waals surface area (Å²) in [6, 6.07) is 8.45. The Labute approximate surface area is 139 Å². The van der Waals surface area contributed by atoms with E-state index in [0.29, 0.717) is 10.5 Å². The van der Waals surface area contributed by atoms with Crippen molar-refractivity contribution in [1.82, 2.24) is 10.3 Å². The molecular weight excluding hydrogens is 339 g/mol. The van der Waals surface area contributed by atoms with E-state index in [0.717, 1.165) is 17.8 Å². The number of alkyl halides is 3. The van der Waals surface area contributed by atoms with Gasteiger partial charge in [-0.25, -0.2) is 4.99 Å². The summed E-state index contributed by atoms with van der Waals surface area (Å²) in [5, 5.41) is 2.07. The van der Waals surface area contributed by atoms with Crippen molar-refractivity contribution < 1.29 is 18.0 Å². The van der Waals surface area contributed by atoms with Gasteiger partial charge in [0.1, 0.15) is 5.84 Å². The highest BCUT2D eigenvalue weighted by molar-refractivity contribution is 8.18. The third-order valence-electron chi connectivity index (χ3n) is 3.08. The number of rotatable bonds is 2. The summed E-state index contributed by atoms with van der Waals surface area (Å²) in [5.74, 6) is 0.0885. The second kappa shape index (κ2) is 6.48. The number of para-hydroxylation sites is 1. The first-order valence-electron chi connectivity index (χ1n) is 6.79. The molecule has 0 spiro atoms. The van der Waals surface area contributed by atoms with Gasteiger partial charge in [-0.2, -0.15) is 13.2 Å². The Bertz CT molecular complexity index is 832. The van der Waals surface area contributed by atoms with Crippen molar-refractivity contribution in [3.05, 3.63) is 64.8 Å². The SMILES string of the molecule is O=C1NC(=Nc2ccccc2C(F)(F)F)/C(=C/c2cccnc2)S1. The summed E-state index contributed by atoms with van der Waals surface area (Å²) < 4.78 is 39.2. The summed E-state index contributed by atoms with van der Waals surface area (Å²) in [7, 11) is 0. The number of benzene rings is 1. The molecule has 0 atom stereocenters. The van der Waals surface area contributed by atoms with E-state index in [1.807, 2.05) is 0 Å². The maximum Gasteiger partial charge on any atom is 0.418 e. The molecule has 1 aromatic heterocycles. The van der Waals surface area contributed by atoms with Crippen LogP contribution in [0.3, 0.4) is 0 Å². The van der Waals surface area contributed by atoms with E-state index >= 15 is 0 Å². The normalized spacial score (nSPS) is 18.2. The largest absolute Gasteiger partial charge is 0.418 e. The summed E-state index contributed by atoms with van der Waals surface area (Å²) in [5.41, 5.74) is -0.391. The predicted molar refractivity (Wildman–Crippen MR) is 86.9 cm³/mol.